The van der Waals surface area contributed by atoms with Crippen molar-refractivity contribution in [3.05, 3.63) is 64.7 Å². The fourth-order valence-electron chi connectivity index (χ4n) is 1.98. The van der Waals surface area contributed by atoms with Gasteiger partial charge in [-0.2, -0.15) is 0 Å². The van der Waals surface area contributed by atoms with E-state index in [0.29, 0.717) is 0 Å². The molecule has 0 aliphatic rings. The molecule has 0 aliphatic carbocycles. The molecule has 0 bridgehead atoms. The van der Waals surface area contributed by atoms with Gasteiger partial charge in [0.2, 0.25) is 0 Å². The lowest BCUT2D eigenvalue weighted by atomic mass is 10.2. The summed E-state index contributed by atoms with van der Waals surface area (Å²) in [4.78, 5) is 4.73. The number of hydrogen-bond donors (Lipinski definition) is 0. The van der Waals surface area contributed by atoms with Crippen LogP contribution in [0.2, 0.25) is 0 Å². The van der Waals surface area contributed by atoms with Gasteiger partial charge in [-0.05, 0) is 24.1 Å². The standard InChI is InChI=1S/C15H13NS/c1-11-6-5-9-13-15(11)16-14(17-13)10-12-7-3-2-4-8-12/h2-9H,10H2,1H3. The Morgan fingerprint density at radius 1 is 1.00 bits per heavy atom. The first kappa shape index (κ1) is 10.5. The van der Waals surface area contributed by atoms with Gasteiger partial charge in [-0.1, -0.05) is 42.5 Å². The lowest BCUT2D eigenvalue weighted by Crippen LogP contribution is -1.85. The number of aromatic nitrogens is 1. The van der Waals surface area contributed by atoms with Crippen molar-refractivity contribution in [1.82, 2.24) is 4.98 Å². The van der Waals surface area contributed by atoms with Gasteiger partial charge in [0, 0.05) is 6.42 Å². The van der Waals surface area contributed by atoms with E-state index >= 15 is 0 Å². The summed E-state index contributed by atoms with van der Waals surface area (Å²) in [5.41, 5.74) is 3.74. The third kappa shape index (κ3) is 2.08. The number of fused-ring (bicyclic) bond motifs is 1. The van der Waals surface area contributed by atoms with E-state index in [1.165, 1.54) is 20.8 Å². The van der Waals surface area contributed by atoms with Crippen LogP contribution in [0.25, 0.3) is 10.2 Å². The van der Waals surface area contributed by atoms with Crippen LogP contribution in [0.4, 0.5) is 0 Å². The molecule has 2 heteroatoms. The van der Waals surface area contributed by atoms with E-state index in [-0.39, 0.29) is 0 Å². The molecule has 0 atom stereocenters. The number of rotatable bonds is 2. The summed E-state index contributed by atoms with van der Waals surface area (Å²) in [6.07, 6.45) is 0.930. The summed E-state index contributed by atoms with van der Waals surface area (Å²) >= 11 is 1.80. The molecular weight excluding hydrogens is 226 g/mol. The van der Waals surface area contributed by atoms with Gasteiger partial charge < -0.3 is 0 Å². The van der Waals surface area contributed by atoms with Gasteiger partial charge in [0.05, 0.1) is 15.2 Å². The molecule has 0 radical (unpaired) electrons. The van der Waals surface area contributed by atoms with Crippen LogP contribution in [-0.4, -0.2) is 4.98 Å². The Morgan fingerprint density at radius 3 is 2.59 bits per heavy atom. The van der Waals surface area contributed by atoms with E-state index in [9.17, 15) is 0 Å². The minimum Gasteiger partial charge on any atom is -0.241 e. The van der Waals surface area contributed by atoms with Gasteiger partial charge in [-0.15, -0.1) is 11.3 Å². The predicted molar refractivity (Wildman–Crippen MR) is 73.6 cm³/mol. The molecule has 1 nitrogen and oxygen atoms in total. The lowest BCUT2D eigenvalue weighted by molar-refractivity contribution is 1.15. The zero-order chi connectivity index (χ0) is 11.7. The van der Waals surface area contributed by atoms with Crippen molar-refractivity contribution in [2.75, 3.05) is 0 Å². The Kier molecular flexibility index (Phi) is 2.65. The molecule has 1 heterocycles. The highest BCUT2D eigenvalue weighted by atomic mass is 32.1. The molecule has 0 fully saturated rings. The average molecular weight is 239 g/mol. The molecule has 3 rings (SSSR count). The lowest BCUT2D eigenvalue weighted by Gasteiger charge is -1.95. The van der Waals surface area contributed by atoms with Gasteiger partial charge in [0.25, 0.3) is 0 Å². The van der Waals surface area contributed by atoms with Gasteiger partial charge in [0.15, 0.2) is 0 Å². The smallest absolute Gasteiger partial charge is 0.0982 e. The molecule has 0 saturated heterocycles. The van der Waals surface area contributed by atoms with Crippen LogP contribution in [0.3, 0.4) is 0 Å². The minimum absolute atomic E-state index is 0.930. The Morgan fingerprint density at radius 2 is 1.82 bits per heavy atom. The van der Waals surface area contributed by atoms with Crippen molar-refractivity contribution >= 4 is 21.6 Å². The summed E-state index contributed by atoms with van der Waals surface area (Å²) in [6.45, 7) is 2.12. The molecule has 0 N–H and O–H groups in total. The van der Waals surface area contributed by atoms with Crippen LogP contribution in [-0.2, 0) is 6.42 Å². The summed E-state index contributed by atoms with van der Waals surface area (Å²) < 4.78 is 1.29. The third-order valence-corrected chi connectivity index (χ3v) is 3.88. The first-order valence-corrected chi connectivity index (χ1v) is 6.53. The van der Waals surface area contributed by atoms with Crippen molar-refractivity contribution in [2.45, 2.75) is 13.3 Å². The normalized spacial score (nSPS) is 10.9. The molecule has 17 heavy (non-hydrogen) atoms. The van der Waals surface area contributed by atoms with Crippen LogP contribution in [0.15, 0.2) is 48.5 Å². The number of para-hydroxylation sites is 1. The van der Waals surface area contributed by atoms with E-state index in [0.717, 1.165) is 11.9 Å². The molecule has 1 aromatic heterocycles. The maximum atomic E-state index is 4.73. The number of nitrogens with zero attached hydrogens (tertiary/aromatic N) is 1. The number of thiazole rings is 1. The Bertz CT molecular complexity index is 640. The summed E-state index contributed by atoms with van der Waals surface area (Å²) in [5, 5.41) is 1.19. The van der Waals surface area contributed by atoms with E-state index < -0.39 is 0 Å². The second-order valence-electron chi connectivity index (χ2n) is 4.19. The number of hydrogen-bond acceptors (Lipinski definition) is 2. The second kappa shape index (κ2) is 4.30. The maximum absolute atomic E-state index is 4.73. The van der Waals surface area contributed by atoms with Crippen molar-refractivity contribution in [3.8, 4) is 0 Å². The van der Waals surface area contributed by atoms with Crippen LogP contribution in [0.5, 0.6) is 0 Å². The maximum Gasteiger partial charge on any atom is 0.0982 e. The summed E-state index contributed by atoms with van der Waals surface area (Å²) in [6, 6.07) is 16.9. The highest BCUT2D eigenvalue weighted by Crippen LogP contribution is 2.25. The largest absolute Gasteiger partial charge is 0.241 e. The number of benzene rings is 2. The molecule has 0 aliphatic heterocycles. The average Bonchev–Trinajstić information content (AvgIpc) is 2.74. The van der Waals surface area contributed by atoms with Crippen LogP contribution < -0.4 is 0 Å². The quantitative estimate of drug-likeness (QED) is 0.653. The SMILES string of the molecule is Cc1cccc2sc(Cc3ccccc3)nc12. The van der Waals surface area contributed by atoms with Gasteiger partial charge >= 0.3 is 0 Å². The molecular formula is C15H13NS. The Labute approximate surface area is 105 Å². The van der Waals surface area contributed by atoms with Gasteiger partial charge in [-0.25, -0.2) is 4.98 Å². The van der Waals surface area contributed by atoms with Crippen molar-refractivity contribution < 1.29 is 0 Å². The van der Waals surface area contributed by atoms with Gasteiger partial charge in [-0.3, -0.25) is 0 Å². The first-order chi connectivity index (χ1) is 8.33. The third-order valence-electron chi connectivity index (χ3n) is 2.86. The topological polar surface area (TPSA) is 12.9 Å². The molecule has 0 spiro atoms. The van der Waals surface area contributed by atoms with Crippen LogP contribution in [0, 0.1) is 6.92 Å². The number of aryl methyl sites for hydroxylation is 1. The van der Waals surface area contributed by atoms with E-state index in [2.05, 4.69) is 49.4 Å². The van der Waals surface area contributed by atoms with Crippen molar-refractivity contribution in [3.63, 3.8) is 0 Å². The van der Waals surface area contributed by atoms with Crippen molar-refractivity contribution in [1.29, 1.82) is 0 Å². The highest BCUT2D eigenvalue weighted by molar-refractivity contribution is 7.18. The van der Waals surface area contributed by atoms with Crippen molar-refractivity contribution in [2.24, 2.45) is 0 Å². The highest BCUT2D eigenvalue weighted by Gasteiger charge is 2.05. The molecule has 3 aromatic rings. The van der Waals surface area contributed by atoms with E-state index in [1.54, 1.807) is 11.3 Å². The molecule has 84 valence electrons. The second-order valence-corrected chi connectivity index (χ2v) is 5.31. The fourth-order valence-corrected chi connectivity index (χ4v) is 3.06. The van der Waals surface area contributed by atoms with E-state index in [4.69, 9.17) is 4.98 Å². The molecule has 0 unspecified atom stereocenters. The van der Waals surface area contributed by atoms with Gasteiger partial charge in [0.1, 0.15) is 0 Å². The zero-order valence-corrected chi connectivity index (χ0v) is 10.5. The van der Waals surface area contributed by atoms with E-state index in [1.807, 2.05) is 6.07 Å². The van der Waals surface area contributed by atoms with Crippen LogP contribution in [0.1, 0.15) is 16.1 Å². The molecule has 0 saturated carbocycles. The zero-order valence-electron chi connectivity index (χ0n) is 9.68. The summed E-state index contributed by atoms with van der Waals surface area (Å²) in [7, 11) is 0. The minimum atomic E-state index is 0.930. The fraction of sp³-hybridized carbons (Fsp3) is 0.133. The summed E-state index contributed by atoms with van der Waals surface area (Å²) in [5.74, 6) is 0. The monoisotopic (exact) mass is 239 g/mol. The Hall–Kier alpha value is -1.67. The van der Waals surface area contributed by atoms with Crippen LogP contribution >= 0.6 is 11.3 Å². The Balaban J connectivity index is 1.99. The molecule has 2 aromatic carbocycles. The first-order valence-electron chi connectivity index (χ1n) is 5.72. The predicted octanol–water partition coefficient (Wildman–Crippen LogP) is 4.20. The molecule has 0 amide bonds.